The number of methoxy groups -OCH3 is 2. The van der Waals surface area contributed by atoms with Crippen LogP contribution < -0.4 is 20.1 Å². The third-order valence-electron chi connectivity index (χ3n) is 4.42. The Morgan fingerprint density at radius 3 is 2.64 bits per heavy atom. The molecular formula is C20H25N3O2. The van der Waals surface area contributed by atoms with Gasteiger partial charge in [-0.2, -0.15) is 0 Å². The fourth-order valence-electron chi connectivity index (χ4n) is 3.08. The number of aliphatic imine (C=N–C) groups is 1. The molecule has 1 aliphatic carbocycles. The molecule has 0 saturated heterocycles. The fourth-order valence-corrected chi connectivity index (χ4v) is 3.08. The lowest BCUT2D eigenvalue weighted by Gasteiger charge is -2.29. The van der Waals surface area contributed by atoms with Gasteiger partial charge < -0.3 is 20.1 Å². The first kappa shape index (κ1) is 17.1. The molecule has 0 aromatic heterocycles. The van der Waals surface area contributed by atoms with Crippen LogP contribution in [0.25, 0.3) is 0 Å². The van der Waals surface area contributed by atoms with Crippen LogP contribution in [0.1, 0.15) is 24.0 Å². The van der Waals surface area contributed by atoms with Gasteiger partial charge in [0.2, 0.25) is 0 Å². The summed E-state index contributed by atoms with van der Waals surface area (Å²) in [6, 6.07) is 14.3. The Hall–Kier alpha value is -2.69. The first-order chi connectivity index (χ1) is 12.2. The molecule has 5 heteroatoms. The van der Waals surface area contributed by atoms with Crippen molar-refractivity contribution < 1.29 is 9.47 Å². The quantitative estimate of drug-likeness (QED) is 0.625. The SMILES string of the molecule is CCNC(=NCC1Cc2ccccc21)Nc1ccc(OC)c(OC)c1. The molecule has 132 valence electrons. The summed E-state index contributed by atoms with van der Waals surface area (Å²) in [4.78, 5) is 4.75. The number of hydrogen-bond donors (Lipinski definition) is 2. The number of nitrogens with one attached hydrogen (secondary N) is 2. The summed E-state index contributed by atoms with van der Waals surface area (Å²) in [5.74, 6) is 2.69. The monoisotopic (exact) mass is 339 g/mol. The number of hydrogen-bond acceptors (Lipinski definition) is 3. The molecule has 0 aliphatic heterocycles. The summed E-state index contributed by atoms with van der Waals surface area (Å²) in [7, 11) is 3.27. The minimum absolute atomic E-state index is 0.511. The van der Waals surface area contributed by atoms with Crippen LogP contribution in [0.4, 0.5) is 5.69 Å². The van der Waals surface area contributed by atoms with Gasteiger partial charge in [-0.15, -0.1) is 0 Å². The van der Waals surface area contributed by atoms with E-state index in [-0.39, 0.29) is 0 Å². The number of fused-ring (bicyclic) bond motifs is 1. The molecule has 2 aromatic rings. The third-order valence-corrected chi connectivity index (χ3v) is 4.42. The van der Waals surface area contributed by atoms with Gasteiger partial charge in [0.15, 0.2) is 17.5 Å². The molecule has 2 aromatic carbocycles. The lowest BCUT2D eigenvalue weighted by molar-refractivity contribution is 0.355. The summed E-state index contributed by atoms with van der Waals surface area (Å²) < 4.78 is 10.6. The Morgan fingerprint density at radius 1 is 1.12 bits per heavy atom. The van der Waals surface area contributed by atoms with E-state index in [0.717, 1.165) is 31.2 Å². The van der Waals surface area contributed by atoms with Crippen molar-refractivity contribution in [3.05, 3.63) is 53.6 Å². The van der Waals surface area contributed by atoms with Gasteiger partial charge in [-0.1, -0.05) is 24.3 Å². The van der Waals surface area contributed by atoms with Crippen LogP contribution in [0.3, 0.4) is 0 Å². The number of ether oxygens (including phenoxy) is 2. The van der Waals surface area contributed by atoms with E-state index >= 15 is 0 Å². The molecule has 2 N–H and O–H groups in total. The second-order valence-corrected chi connectivity index (χ2v) is 6.01. The molecule has 0 radical (unpaired) electrons. The van der Waals surface area contributed by atoms with Gasteiger partial charge in [-0.05, 0) is 36.6 Å². The predicted molar refractivity (Wildman–Crippen MR) is 102 cm³/mol. The van der Waals surface area contributed by atoms with Crippen LogP contribution >= 0.6 is 0 Å². The van der Waals surface area contributed by atoms with Crippen LogP contribution in [0, 0.1) is 0 Å². The van der Waals surface area contributed by atoms with E-state index < -0.39 is 0 Å². The van der Waals surface area contributed by atoms with E-state index in [4.69, 9.17) is 14.5 Å². The molecule has 1 unspecified atom stereocenters. The molecule has 0 fully saturated rings. The zero-order valence-electron chi connectivity index (χ0n) is 15.0. The van der Waals surface area contributed by atoms with Crippen LogP contribution in [0.5, 0.6) is 11.5 Å². The van der Waals surface area contributed by atoms with E-state index in [9.17, 15) is 0 Å². The topological polar surface area (TPSA) is 54.9 Å². The Bertz CT molecular complexity index is 758. The normalized spacial score (nSPS) is 15.8. The average molecular weight is 339 g/mol. The second-order valence-electron chi connectivity index (χ2n) is 6.01. The maximum absolute atomic E-state index is 5.36. The van der Waals surface area contributed by atoms with Crippen molar-refractivity contribution in [2.45, 2.75) is 19.3 Å². The molecule has 1 atom stereocenters. The van der Waals surface area contributed by atoms with Gasteiger partial charge in [-0.3, -0.25) is 4.99 Å². The van der Waals surface area contributed by atoms with E-state index in [1.165, 1.54) is 11.1 Å². The molecule has 0 saturated carbocycles. The summed E-state index contributed by atoms with van der Waals surface area (Å²) in [5, 5.41) is 6.63. The largest absolute Gasteiger partial charge is 0.493 e. The van der Waals surface area contributed by atoms with Crippen molar-refractivity contribution in [1.82, 2.24) is 5.32 Å². The zero-order chi connectivity index (χ0) is 17.6. The maximum Gasteiger partial charge on any atom is 0.195 e. The van der Waals surface area contributed by atoms with Gasteiger partial charge in [0.1, 0.15) is 0 Å². The lowest BCUT2D eigenvalue weighted by Crippen LogP contribution is -2.32. The standard InChI is InChI=1S/C20H25N3O2/c1-4-21-20(22-13-15-11-14-7-5-6-8-17(14)15)23-16-9-10-18(24-2)19(12-16)25-3/h5-10,12,15H,4,11,13H2,1-3H3,(H2,21,22,23). The molecule has 0 heterocycles. The summed E-state index contributed by atoms with van der Waals surface area (Å²) in [5.41, 5.74) is 3.78. The molecule has 5 nitrogen and oxygen atoms in total. The minimum Gasteiger partial charge on any atom is -0.493 e. The van der Waals surface area contributed by atoms with Crippen molar-refractivity contribution in [1.29, 1.82) is 0 Å². The Morgan fingerprint density at radius 2 is 1.92 bits per heavy atom. The number of rotatable bonds is 6. The molecule has 0 amide bonds. The average Bonchev–Trinajstić information content (AvgIpc) is 2.62. The van der Waals surface area contributed by atoms with Crippen molar-refractivity contribution in [2.24, 2.45) is 4.99 Å². The van der Waals surface area contributed by atoms with Gasteiger partial charge in [0, 0.05) is 30.8 Å². The Kier molecular flexibility index (Phi) is 5.43. The van der Waals surface area contributed by atoms with E-state index in [1.807, 2.05) is 18.2 Å². The van der Waals surface area contributed by atoms with Crippen molar-refractivity contribution >= 4 is 11.6 Å². The fraction of sp³-hybridized carbons (Fsp3) is 0.350. The number of nitrogens with zero attached hydrogens (tertiary/aromatic N) is 1. The molecule has 1 aliphatic rings. The Balaban J connectivity index is 1.69. The smallest absolute Gasteiger partial charge is 0.195 e. The van der Waals surface area contributed by atoms with E-state index in [2.05, 4.69) is 41.8 Å². The number of anilines is 1. The van der Waals surface area contributed by atoms with Gasteiger partial charge in [-0.25, -0.2) is 0 Å². The highest BCUT2D eigenvalue weighted by Crippen LogP contribution is 2.35. The van der Waals surface area contributed by atoms with Crippen molar-refractivity contribution in [3.8, 4) is 11.5 Å². The van der Waals surface area contributed by atoms with E-state index in [0.29, 0.717) is 17.4 Å². The zero-order valence-corrected chi connectivity index (χ0v) is 15.0. The third kappa shape index (κ3) is 3.87. The van der Waals surface area contributed by atoms with Gasteiger partial charge in [0.25, 0.3) is 0 Å². The van der Waals surface area contributed by atoms with Crippen LogP contribution in [-0.4, -0.2) is 33.3 Å². The number of benzene rings is 2. The molecular weight excluding hydrogens is 314 g/mol. The van der Waals surface area contributed by atoms with Crippen molar-refractivity contribution in [3.63, 3.8) is 0 Å². The second kappa shape index (κ2) is 7.92. The van der Waals surface area contributed by atoms with Crippen LogP contribution in [-0.2, 0) is 6.42 Å². The van der Waals surface area contributed by atoms with Crippen LogP contribution in [0.2, 0.25) is 0 Å². The highest BCUT2D eigenvalue weighted by atomic mass is 16.5. The first-order valence-corrected chi connectivity index (χ1v) is 8.60. The molecule has 0 spiro atoms. The highest BCUT2D eigenvalue weighted by molar-refractivity contribution is 5.94. The summed E-state index contributed by atoms with van der Waals surface area (Å²) in [6.45, 7) is 3.64. The number of guanidine groups is 1. The summed E-state index contributed by atoms with van der Waals surface area (Å²) in [6.07, 6.45) is 1.11. The Labute approximate surface area is 149 Å². The van der Waals surface area contributed by atoms with E-state index in [1.54, 1.807) is 14.2 Å². The minimum atomic E-state index is 0.511. The molecule has 25 heavy (non-hydrogen) atoms. The lowest BCUT2D eigenvalue weighted by atomic mass is 9.78. The van der Waals surface area contributed by atoms with Crippen molar-refractivity contribution in [2.75, 3.05) is 32.6 Å². The molecule has 3 rings (SSSR count). The summed E-state index contributed by atoms with van der Waals surface area (Å²) >= 11 is 0. The predicted octanol–water partition coefficient (Wildman–Crippen LogP) is 3.42. The van der Waals surface area contributed by atoms with Crippen LogP contribution in [0.15, 0.2) is 47.5 Å². The maximum atomic E-state index is 5.36. The first-order valence-electron chi connectivity index (χ1n) is 8.60. The molecule has 0 bridgehead atoms. The van der Waals surface area contributed by atoms with Gasteiger partial charge >= 0.3 is 0 Å². The highest BCUT2D eigenvalue weighted by Gasteiger charge is 2.24. The van der Waals surface area contributed by atoms with Gasteiger partial charge in [0.05, 0.1) is 14.2 Å².